The van der Waals surface area contributed by atoms with Crippen LogP contribution in [0.5, 0.6) is 0 Å². The van der Waals surface area contributed by atoms with Crippen molar-refractivity contribution in [3.63, 3.8) is 0 Å². The Kier molecular flexibility index (Phi) is 17.3. The van der Waals surface area contributed by atoms with Crippen LogP contribution >= 0.6 is 7.60 Å². The first-order valence-electron chi connectivity index (χ1n) is 18.1. The van der Waals surface area contributed by atoms with Crippen molar-refractivity contribution in [3.8, 4) is 0 Å². The van der Waals surface area contributed by atoms with Gasteiger partial charge in [-0.05, 0) is 73.4 Å². The van der Waals surface area contributed by atoms with E-state index in [2.05, 4.69) is 43.2 Å². The Balaban J connectivity index is 1.57. The van der Waals surface area contributed by atoms with Crippen molar-refractivity contribution in [1.29, 1.82) is 0 Å². The quantitative estimate of drug-likeness (QED) is 0.0651. The molecule has 53 heavy (non-hydrogen) atoms. The third-order valence-corrected chi connectivity index (χ3v) is 9.32. The molecule has 0 saturated heterocycles. The molecular formula is C40H56N3O9P. The molecule has 0 bridgehead atoms. The zero-order valence-electron chi connectivity index (χ0n) is 32.3. The lowest BCUT2D eigenvalue weighted by atomic mass is 9.92. The molecule has 13 heteroatoms. The molecule has 0 fully saturated rings. The van der Waals surface area contributed by atoms with Gasteiger partial charge in [0.25, 0.3) is 0 Å². The van der Waals surface area contributed by atoms with E-state index in [1.54, 1.807) is 6.92 Å². The second kappa shape index (κ2) is 21.4. The van der Waals surface area contributed by atoms with E-state index in [9.17, 15) is 18.9 Å². The number of ether oxygens (including phenoxy) is 3. The SMILES string of the molecule is CC[C@@H](CC(=O)OCOC(=O)OCC(C)OP(C)(=O)OCc1ccccc1)c1ccc(N(CC(C)C)CC(C)C)c(NC(=O)Nc2ccc(C)cc2)c1. The highest BCUT2D eigenvalue weighted by molar-refractivity contribution is 7.52. The highest BCUT2D eigenvalue weighted by Crippen LogP contribution is 2.46. The van der Waals surface area contributed by atoms with Crippen molar-refractivity contribution in [2.75, 3.05) is 48.7 Å². The smallest absolute Gasteiger partial charge is 0.431 e. The maximum Gasteiger partial charge on any atom is 0.511 e. The molecule has 2 N–H and O–H groups in total. The molecule has 3 aromatic rings. The number of hydrogen-bond acceptors (Lipinski definition) is 10. The number of aryl methyl sites for hydroxylation is 1. The summed E-state index contributed by atoms with van der Waals surface area (Å²) in [4.78, 5) is 40.5. The fourth-order valence-electron chi connectivity index (χ4n) is 5.54. The molecule has 3 atom stereocenters. The lowest BCUT2D eigenvalue weighted by Gasteiger charge is -2.31. The zero-order chi connectivity index (χ0) is 39.0. The van der Waals surface area contributed by atoms with Gasteiger partial charge in [-0.1, -0.05) is 88.7 Å². The summed E-state index contributed by atoms with van der Waals surface area (Å²) < 4.78 is 38.7. The highest BCUT2D eigenvalue weighted by atomic mass is 31.2. The van der Waals surface area contributed by atoms with Gasteiger partial charge in [-0.3, -0.25) is 9.36 Å². The molecule has 0 aliphatic rings. The maximum absolute atomic E-state index is 13.2. The van der Waals surface area contributed by atoms with Crippen molar-refractivity contribution in [2.45, 2.75) is 79.9 Å². The van der Waals surface area contributed by atoms with Crippen LogP contribution in [0.25, 0.3) is 0 Å². The lowest BCUT2D eigenvalue weighted by molar-refractivity contribution is -0.154. The summed E-state index contributed by atoms with van der Waals surface area (Å²) in [5.41, 5.74) is 4.97. The van der Waals surface area contributed by atoms with E-state index < -0.39 is 32.6 Å². The third kappa shape index (κ3) is 16.0. The zero-order valence-corrected chi connectivity index (χ0v) is 33.2. The monoisotopic (exact) mass is 753 g/mol. The summed E-state index contributed by atoms with van der Waals surface area (Å²) >= 11 is 0. The number of carbonyl (C=O) groups excluding carboxylic acids is 3. The molecule has 0 radical (unpaired) electrons. The molecule has 3 rings (SSSR count). The van der Waals surface area contributed by atoms with E-state index in [1.165, 1.54) is 6.66 Å². The number of hydrogen-bond donors (Lipinski definition) is 2. The lowest BCUT2D eigenvalue weighted by Crippen LogP contribution is -2.32. The Morgan fingerprint density at radius 3 is 2.11 bits per heavy atom. The second-order valence-electron chi connectivity index (χ2n) is 14.0. The van der Waals surface area contributed by atoms with E-state index in [-0.39, 0.29) is 31.6 Å². The van der Waals surface area contributed by atoms with E-state index in [0.29, 0.717) is 29.6 Å². The van der Waals surface area contributed by atoms with Crippen molar-refractivity contribution < 1.29 is 42.2 Å². The maximum atomic E-state index is 13.2. The van der Waals surface area contributed by atoms with Gasteiger partial charge in [0, 0.05) is 25.4 Å². The number of esters is 1. The number of urea groups is 1. The summed E-state index contributed by atoms with van der Waals surface area (Å²) in [6.45, 7) is 16.3. The molecular weight excluding hydrogens is 697 g/mol. The van der Waals surface area contributed by atoms with Gasteiger partial charge in [-0.15, -0.1) is 0 Å². The summed E-state index contributed by atoms with van der Waals surface area (Å²) in [5.74, 6) is -0.0333. The van der Waals surface area contributed by atoms with Crippen LogP contribution in [-0.4, -0.2) is 57.4 Å². The van der Waals surface area contributed by atoms with Crippen LogP contribution in [0.2, 0.25) is 0 Å². The number of amides is 2. The Bertz CT molecular complexity index is 1640. The number of anilines is 3. The molecule has 290 valence electrons. The number of rotatable bonds is 20. The largest absolute Gasteiger partial charge is 0.511 e. The molecule has 2 unspecified atom stereocenters. The number of benzene rings is 3. The number of nitrogens with zero attached hydrogens (tertiary/aromatic N) is 1. The van der Waals surface area contributed by atoms with Gasteiger partial charge in [0.2, 0.25) is 6.79 Å². The number of carbonyl (C=O) groups is 3. The van der Waals surface area contributed by atoms with E-state index in [4.69, 9.17) is 23.3 Å². The predicted octanol–water partition coefficient (Wildman–Crippen LogP) is 9.74. The van der Waals surface area contributed by atoms with Crippen molar-refractivity contribution in [2.24, 2.45) is 11.8 Å². The minimum Gasteiger partial charge on any atom is -0.431 e. The molecule has 0 aliphatic carbocycles. The van der Waals surface area contributed by atoms with Crippen molar-refractivity contribution >= 4 is 42.8 Å². The summed E-state index contributed by atoms with van der Waals surface area (Å²) in [6, 6.07) is 22.3. The minimum atomic E-state index is -3.42. The summed E-state index contributed by atoms with van der Waals surface area (Å²) in [6.07, 6.45) is -1.18. The summed E-state index contributed by atoms with van der Waals surface area (Å²) in [5, 5.41) is 5.96. The van der Waals surface area contributed by atoms with Crippen LogP contribution in [0, 0.1) is 18.8 Å². The molecule has 0 saturated carbocycles. The van der Waals surface area contributed by atoms with Gasteiger partial charge in [0.05, 0.1) is 30.5 Å². The van der Waals surface area contributed by atoms with E-state index >= 15 is 0 Å². The molecule has 0 aliphatic heterocycles. The first-order chi connectivity index (χ1) is 25.1. The summed E-state index contributed by atoms with van der Waals surface area (Å²) in [7, 11) is -3.42. The second-order valence-corrected chi connectivity index (χ2v) is 16.0. The van der Waals surface area contributed by atoms with Crippen LogP contribution in [0.4, 0.5) is 26.7 Å². The highest BCUT2D eigenvalue weighted by Gasteiger charge is 2.24. The van der Waals surface area contributed by atoms with Gasteiger partial charge in [0.1, 0.15) is 6.61 Å². The van der Waals surface area contributed by atoms with Crippen LogP contribution in [-0.2, 0) is 39.2 Å². The first kappa shape index (κ1) is 43.0. The molecule has 0 aromatic heterocycles. The number of nitrogens with one attached hydrogen (secondary N) is 2. The van der Waals surface area contributed by atoms with Crippen LogP contribution in [0.1, 0.15) is 77.0 Å². The molecule has 0 spiro atoms. The van der Waals surface area contributed by atoms with E-state index in [1.807, 2.05) is 86.6 Å². The van der Waals surface area contributed by atoms with Crippen molar-refractivity contribution in [1.82, 2.24) is 0 Å². The molecule has 2 amide bonds. The van der Waals surface area contributed by atoms with E-state index in [0.717, 1.165) is 35.5 Å². The Morgan fingerprint density at radius 1 is 0.830 bits per heavy atom. The molecule has 0 heterocycles. The Labute approximate surface area is 314 Å². The Morgan fingerprint density at radius 2 is 1.49 bits per heavy atom. The molecule has 12 nitrogen and oxygen atoms in total. The fraction of sp³-hybridized carbons (Fsp3) is 0.475. The fourth-order valence-corrected chi connectivity index (χ4v) is 6.70. The average Bonchev–Trinajstić information content (AvgIpc) is 3.09. The molecule has 3 aromatic carbocycles. The third-order valence-electron chi connectivity index (χ3n) is 7.98. The standard InChI is InChI=1S/C40H56N3O9P/c1-9-33(22-38(44)49-27-50-40(46)48-25-31(7)52-53(8,47)51-26-32-13-11-10-12-14-32)34-17-20-37(43(23-28(2)3)24-29(4)5)36(21-34)42-39(45)41-35-18-15-30(6)16-19-35/h10-21,28-29,31,33H,9,22-27H2,1-8H3,(H2,41,42,45)/t31?,33-,53?/m0/s1. The predicted molar refractivity (Wildman–Crippen MR) is 209 cm³/mol. The van der Waals surface area contributed by atoms with Crippen LogP contribution in [0.15, 0.2) is 72.8 Å². The topological polar surface area (TPSA) is 142 Å². The van der Waals surface area contributed by atoms with Crippen molar-refractivity contribution in [3.05, 3.63) is 89.5 Å². The average molecular weight is 754 g/mol. The normalized spacial score (nSPS) is 13.5. The van der Waals surface area contributed by atoms with Crippen LogP contribution in [0.3, 0.4) is 0 Å². The van der Waals surface area contributed by atoms with Gasteiger partial charge < -0.3 is 38.8 Å². The van der Waals surface area contributed by atoms with Gasteiger partial charge in [0.15, 0.2) is 0 Å². The van der Waals surface area contributed by atoms with Gasteiger partial charge in [-0.25, -0.2) is 9.59 Å². The minimum absolute atomic E-state index is 0.0185. The van der Waals surface area contributed by atoms with Crippen LogP contribution < -0.4 is 15.5 Å². The first-order valence-corrected chi connectivity index (χ1v) is 20.1. The van der Waals surface area contributed by atoms with Gasteiger partial charge >= 0.3 is 25.8 Å². The van der Waals surface area contributed by atoms with Gasteiger partial charge in [-0.2, -0.15) is 0 Å². The Hall–Kier alpha value is -4.38.